The second-order valence-corrected chi connectivity index (χ2v) is 1.81. The second-order valence-electron chi connectivity index (χ2n) is 1.81. The van der Waals surface area contributed by atoms with E-state index in [1.807, 2.05) is 25.1 Å². The van der Waals surface area contributed by atoms with E-state index >= 15 is 0 Å². The first-order chi connectivity index (χ1) is 3.79. The van der Waals surface area contributed by atoms with E-state index < -0.39 is 0 Å². The van der Waals surface area contributed by atoms with Crippen LogP contribution in [0.5, 0.6) is 0 Å². The highest BCUT2D eigenvalue weighted by Gasteiger charge is 1.81. The molecular weight excluding hydrogens is 96.1 g/mol. The predicted molar refractivity (Wildman–Crippen MR) is 33.4 cm³/mol. The third kappa shape index (κ3) is 1.09. The van der Waals surface area contributed by atoms with Crippen molar-refractivity contribution in [1.29, 1.82) is 0 Å². The zero-order valence-electron chi connectivity index (χ0n) is 4.81. The highest BCUT2D eigenvalue weighted by molar-refractivity contribution is 5.22. The Hall–Kier alpha value is -0.780. The maximum Gasteiger partial charge on any atom is -0.00119 e. The largest absolute Gasteiger partial charge is 0.0581 e. The molecule has 0 bridgehead atoms. The quantitative estimate of drug-likeness (QED) is 0.470. The Morgan fingerprint density at radius 1 is 1.62 bits per heavy atom. The van der Waals surface area contributed by atoms with Crippen molar-refractivity contribution in [3.05, 3.63) is 42.3 Å². The summed E-state index contributed by atoms with van der Waals surface area (Å²) in [6.45, 7) is 7.41. The lowest BCUT2D eigenvalue weighted by Gasteiger charge is -1.89. The minimum absolute atomic E-state index is 0.807. The van der Waals surface area contributed by atoms with E-state index in [4.69, 9.17) is 6.92 Å². The SMILES string of the molecule is [CH]c1cc[c]c(C)c1. The number of benzene rings is 1. The van der Waals surface area contributed by atoms with Gasteiger partial charge in [0, 0.05) is 0 Å². The average Bonchev–Trinajstić information content (AvgIpc) is 1.64. The van der Waals surface area contributed by atoms with Crippen molar-refractivity contribution in [2.45, 2.75) is 6.92 Å². The van der Waals surface area contributed by atoms with E-state index in [0.29, 0.717) is 0 Å². The van der Waals surface area contributed by atoms with Crippen molar-refractivity contribution < 1.29 is 0 Å². The maximum absolute atomic E-state index is 5.44. The molecule has 0 heteroatoms. The van der Waals surface area contributed by atoms with E-state index in [0.717, 1.165) is 11.1 Å². The minimum Gasteiger partial charge on any atom is -0.0581 e. The van der Waals surface area contributed by atoms with Gasteiger partial charge in [0.25, 0.3) is 0 Å². The van der Waals surface area contributed by atoms with Crippen molar-refractivity contribution >= 4 is 0 Å². The van der Waals surface area contributed by atoms with Gasteiger partial charge >= 0.3 is 0 Å². The third-order valence-corrected chi connectivity index (χ3v) is 0.970. The summed E-state index contributed by atoms with van der Waals surface area (Å²) in [7, 11) is 0. The summed E-state index contributed by atoms with van der Waals surface area (Å²) in [4.78, 5) is 0. The van der Waals surface area contributed by atoms with Gasteiger partial charge in [0.1, 0.15) is 0 Å². The monoisotopic (exact) mass is 103 g/mol. The van der Waals surface area contributed by atoms with Crippen LogP contribution in [0.25, 0.3) is 0 Å². The normalized spacial score (nSPS) is 9.25. The molecular formula is C8H7. The molecule has 0 aliphatic carbocycles. The topological polar surface area (TPSA) is 0 Å². The Balaban J connectivity index is 3.08. The molecule has 0 nitrogen and oxygen atoms in total. The molecule has 0 unspecified atom stereocenters. The maximum atomic E-state index is 5.44. The van der Waals surface area contributed by atoms with Crippen molar-refractivity contribution in [1.82, 2.24) is 0 Å². The van der Waals surface area contributed by atoms with Crippen LogP contribution in [-0.4, -0.2) is 0 Å². The van der Waals surface area contributed by atoms with Gasteiger partial charge in [-0.05, 0) is 31.0 Å². The van der Waals surface area contributed by atoms with Gasteiger partial charge in [0.15, 0.2) is 0 Å². The highest BCUT2D eigenvalue weighted by atomic mass is 13.9. The summed E-state index contributed by atoms with van der Waals surface area (Å²) in [5.41, 5.74) is 1.89. The number of hydrogen-bond donors (Lipinski definition) is 0. The van der Waals surface area contributed by atoms with Gasteiger partial charge in [0.2, 0.25) is 0 Å². The lowest BCUT2D eigenvalue weighted by Crippen LogP contribution is -1.72. The Kier molecular flexibility index (Phi) is 1.34. The van der Waals surface area contributed by atoms with E-state index in [-0.39, 0.29) is 0 Å². The van der Waals surface area contributed by atoms with Gasteiger partial charge in [0.05, 0.1) is 0 Å². The van der Waals surface area contributed by atoms with Crippen molar-refractivity contribution in [3.63, 3.8) is 0 Å². The average molecular weight is 103 g/mol. The van der Waals surface area contributed by atoms with Gasteiger partial charge < -0.3 is 0 Å². The zero-order valence-corrected chi connectivity index (χ0v) is 4.81. The molecule has 0 aliphatic rings. The first kappa shape index (κ1) is 5.36. The van der Waals surface area contributed by atoms with Crippen molar-refractivity contribution in [2.24, 2.45) is 0 Å². The van der Waals surface area contributed by atoms with E-state index in [2.05, 4.69) is 6.07 Å². The molecule has 0 atom stereocenters. The van der Waals surface area contributed by atoms with Gasteiger partial charge in [-0.25, -0.2) is 0 Å². The summed E-state index contributed by atoms with van der Waals surface area (Å²) < 4.78 is 0. The second kappa shape index (κ2) is 1.99. The molecule has 8 heavy (non-hydrogen) atoms. The summed E-state index contributed by atoms with van der Waals surface area (Å²) in [5.74, 6) is 0. The molecule has 39 valence electrons. The number of aryl methyl sites for hydroxylation is 1. The lowest BCUT2D eigenvalue weighted by atomic mass is 10.2. The molecule has 0 amide bonds. The fraction of sp³-hybridized carbons (Fsp3) is 0.125. The Morgan fingerprint density at radius 3 is 2.75 bits per heavy atom. The first-order valence-corrected chi connectivity index (χ1v) is 2.53. The Bertz CT molecular complexity index is 160. The van der Waals surface area contributed by atoms with Crippen LogP contribution in [0.15, 0.2) is 18.2 Å². The number of hydrogen-bond acceptors (Lipinski definition) is 0. The molecule has 0 heterocycles. The molecule has 0 aliphatic heterocycles. The van der Waals surface area contributed by atoms with Gasteiger partial charge in [-0.1, -0.05) is 18.2 Å². The van der Waals surface area contributed by atoms with Crippen molar-refractivity contribution in [3.8, 4) is 0 Å². The fourth-order valence-corrected chi connectivity index (χ4v) is 0.609. The lowest BCUT2D eigenvalue weighted by molar-refractivity contribution is 1.43. The van der Waals surface area contributed by atoms with Crippen LogP contribution in [0.3, 0.4) is 0 Å². The van der Waals surface area contributed by atoms with Crippen LogP contribution < -0.4 is 0 Å². The summed E-state index contributed by atoms with van der Waals surface area (Å²) >= 11 is 0. The van der Waals surface area contributed by atoms with Gasteiger partial charge in [-0.2, -0.15) is 0 Å². The fourth-order valence-electron chi connectivity index (χ4n) is 0.609. The highest BCUT2D eigenvalue weighted by Crippen LogP contribution is 1.99. The smallest absolute Gasteiger partial charge is 0.00119 e. The molecule has 0 saturated carbocycles. The van der Waals surface area contributed by atoms with Gasteiger partial charge in [-0.3, -0.25) is 0 Å². The zero-order chi connectivity index (χ0) is 5.98. The van der Waals surface area contributed by atoms with Crippen LogP contribution in [0.2, 0.25) is 0 Å². The minimum atomic E-state index is 0.807. The van der Waals surface area contributed by atoms with E-state index in [1.54, 1.807) is 0 Å². The molecule has 0 aromatic heterocycles. The summed E-state index contributed by atoms with van der Waals surface area (Å²) in [6, 6.07) is 8.53. The molecule has 0 fully saturated rings. The molecule has 1 aromatic rings. The van der Waals surface area contributed by atoms with E-state index in [9.17, 15) is 0 Å². The predicted octanol–water partition coefficient (Wildman–Crippen LogP) is 1.85. The molecule has 0 N–H and O–H groups in total. The molecule has 1 rings (SSSR count). The summed E-state index contributed by atoms with van der Waals surface area (Å²) in [6.07, 6.45) is 0. The molecule has 3 radical (unpaired) electrons. The van der Waals surface area contributed by atoms with Crippen LogP contribution in [0, 0.1) is 19.9 Å². The van der Waals surface area contributed by atoms with Gasteiger partial charge in [-0.15, -0.1) is 0 Å². The standard InChI is InChI=1S/C8H7/c1-7-4-3-5-8(2)6-7/h1,3-4,6H,2H3. The van der Waals surface area contributed by atoms with Crippen LogP contribution in [0.1, 0.15) is 11.1 Å². The third-order valence-electron chi connectivity index (χ3n) is 0.970. The van der Waals surface area contributed by atoms with Crippen LogP contribution >= 0.6 is 0 Å². The Labute approximate surface area is 50.2 Å². The Morgan fingerprint density at radius 2 is 2.38 bits per heavy atom. The number of rotatable bonds is 0. The van der Waals surface area contributed by atoms with Crippen LogP contribution in [-0.2, 0) is 0 Å². The molecule has 1 aromatic carbocycles. The summed E-state index contributed by atoms with van der Waals surface area (Å²) in [5, 5.41) is 0. The van der Waals surface area contributed by atoms with E-state index in [1.165, 1.54) is 0 Å². The molecule has 0 saturated heterocycles. The van der Waals surface area contributed by atoms with Crippen LogP contribution in [0.4, 0.5) is 0 Å². The molecule has 0 spiro atoms. The first-order valence-electron chi connectivity index (χ1n) is 2.53. The van der Waals surface area contributed by atoms with Crippen molar-refractivity contribution in [2.75, 3.05) is 0 Å².